The Labute approximate surface area is 244 Å². The fraction of sp³-hybridized carbons (Fsp3) is 0.458. The van der Waals surface area contributed by atoms with E-state index < -0.39 is 67.2 Å². The van der Waals surface area contributed by atoms with Crippen molar-refractivity contribution in [3.05, 3.63) is 29.3 Å². The number of H-pyrrole nitrogens is 1. The van der Waals surface area contributed by atoms with E-state index in [0.717, 1.165) is 45.5 Å². The van der Waals surface area contributed by atoms with Gasteiger partial charge in [-0.3, -0.25) is 24.0 Å². The third-order valence-electron chi connectivity index (χ3n) is 3.65. The van der Waals surface area contributed by atoms with Crippen molar-refractivity contribution >= 4 is 52.4 Å². The molecule has 1 fully saturated rings. The predicted octanol–water partition coefficient (Wildman–Crippen LogP) is 0.455. The van der Waals surface area contributed by atoms with E-state index in [9.17, 15) is 15.3 Å². The highest BCUT2D eigenvalue weighted by molar-refractivity contribution is 6.31. The van der Waals surface area contributed by atoms with Crippen molar-refractivity contribution in [1.82, 2.24) is 4.98 Å². The summed E-state index contributed by atoms with van der Waals surface area (Å²) in [6, 6.07) is 6.94. The molecular formula is C24H36ClNO16. The Kier molecular flexibility index (Phi) is 22.9. The van der Waals surface area contributed by atoms with E-state index in [-0.39, 0.29) is 0 Å². The van der Waals surface area contributed by atoms with E-state index in [2.05, 4.69) is 4.98 Å². The number of carbonyl (C=O) groups is 5. The maximum Gasteiger partial charge on any atom is 0.300 e. The minimum Gasteiger partial charge on any atom is -0.481 e. The first-order chi connectivity index (χ1) is 19.2. The first-order valence-corrected chi connectivity index (χ1v) is 11.8. The monoisotopic (exact) mass is 629 g/mol. The lowest BCUT2D eigenvalue weighted by Gasteiger charge is -2.39. The van der Waals surface area contributed by atoms with Crippen molar-refractivity contribution < 1.29 is 79.4 Å². The largest absolute Gasteiger partial charge is 0.481 e. The van der Waals surface area contributed by atoms with Gasteiger partial charge in [0, 0.05) is 56.6 Å². The van der Waals surface area contributed by atoms with E-state index in [4.69, 9.17) is 75.7 Å². The van der Waals surface area contributed by atoms with Crippen LogP contribution >= 0.6 is 11.6 Å². The second kappa shape index (κ2) is 22.7. The number of aliphatic hydroxyl groups excluding tert-OH is 4. The molecular weight excluding hydrogens is 594 g/mol. The molecule has 0 amide bonds. The number of hydrogen-bond donors (Lipinski definition) is 10. The molecule has 3 rings (SSSR count). The third-order valence-corrected chi connectivity index (χ3v) is 3.89. The Morgan fingerprint density at radius 1 is 0.762 bits per heavy atom. The molecule has 5 atom stereocenters. The number of nitrogens with one attached hydrogen (secondary N) is 1. The summed E-state index contributed by atoms with van der Waals surface area (Å²) in [5, 5.41) is 77.0. The van der Waals surface area contributed by atoms with Crippen LogP contribution in [0.1, 0.15) is 34.6 Å². The van der Waals surface area contributed by atoms with Gasteiger partial charge < -0.3 is 60.4 Å². The molecule has 1 aromatic heterocycles. The summed E-state index contributed by atoms with van der Waals surface area (Å²) < 4.78 is 10.8. The summed E-state index contributed by atoms with van der Waals surface area (Å²) in [5.41, 5.74) is 0.743. The lowest BCUT2D eigenvalue weighted by molar-refractivity contribution is -0.278. The van der Waals surface area contributed by atoms with Crippen LogP contribution < -0.4 is 4.74 Å². The van der Waals surface area contributed by atoms with Gasteiger partial charge in [0.15, 0.2) is 5.88 Å². The number of aromatic amines is 1. The SMILES string of the molecule is CC(=O)O.CC(=O)O.CC(=O)O.CC(=O)O.CC(=O)O.OC[C@H]1OC(Oc2cc3ccc(Cl)cc3[nH]2)[C@H](O)[C@@H](O)[C@H]1O. The highest BCUT2D eigenvalue weighted by Gasteiger charge is 2.44. The Balaban J connectivity index is -0.000000622. The third kappa shape index (κ3) is 23.9. The molecule has 0 spiro atoms. The predicted molar refractivity (Wildman–Crippen MR) is 144 cm³/mol. The molecule has 0 bridgehead atoms. The Bertz CT molecular complexity index is 1030. The number of rotatable bonds is 3. The molecule has 1 aliphatic rings. The number of carboxylic acids is 5. The van der Waals surface area contributed by atoms with Gasteiger partial charge in [-0.2, -0.15) is 0 Å². The van der Waals surface area contributed by atoms with Crippen LogP contribution in [0.2, 0.25) is 5.02 Å². The highest BCUT2D eigenvalue weighted by Crippen LogP contribution is 2.27. The molecule has 17 nitrogen and oxygen atoms in total. The van der Waals surface area contributed by atoms with E-state index in [1.807, 2.05) is 0 Å². The quantitative estimate of drug-likeness (QED) is 0.220. The summed E-state index contributed by atoms with van der Waals surface area (Å²) >= 11 is 5.90. The number of hydrogen-bond acceptors (Lipinski definition) is 11. The topological polar surface area (TPSA) is 302 Å². The molecule has 0 aliphatic carbocycles. The molecule has 1 saturated heterocycles. The molecule has 2 aromatic rings. The van der Waals surface area contributed by atoms with Crippen molar-refractivity contribution in [3.8, 4) is 5.88 Å². The molecule has 10 N–H and O–H groups in total. The van der Waals surface area contributed by atoms with Crippen LogP contribution in [-0.2, 0) is 28.7 Å². The van der Waals surface area contributed by atoms with E-state index in [1.54, 1.807) is 24.3 Å². The number of aromatic nitrogens is 1. The minimum absolute atomic E-state index is 0.307. The second-order valence-corrected chi connectivity index (χ2v) is 8.21. The van der Waals surface area contributed by atoms with Gasteiger partial charge in [-0.15, -0.1) is 0 Å². The standard InChI is InChI=1S/C14H16ClNO6.5C2H4O2/c15-7-2-1-6-3-10(16-8(6)4-7)22-14-13(20)12(19)11(18)9(5-17)21-14;5*1-2(3)4/h1-4,9,11-14,16-20H,5H2;5*1H3,(H,3,4)/t9-,11+,12+,13-,14?;;;;;/m1...../s1. The van der Waals surface area contributed by atoms with Gasteiger partial charge >= 0.3 is 0 Å². The van der Waals surface area contributed by atoms with Crippen LogP contribution in [-0.4, -0.2) is 118 Å². The van der Waals surface area contributed by atoms with Gasteiger partial charge in [-0.05, 0) is 12.1 Å². The highest BCUT2D eigenvalue weighted by atomic mass is 35.5. The summed E-state index contributed by atoms with van der Waals surface area (Å²) in [4.78, 5) is 48.0. The molecule has 1 unspecified atom stereocenters. The van der Waals surface area contributed by atoms with E-state index >= 15 is 0 Å². The summed E-state index contributed by atoms with van der Waals surface area (Å²) in [5.74, 6) is -3.86. The Morgan fingerprint density at radius 2 is 1.17 bits per heavy atom. The zero-order chi connectivity index (χ0) is 33.7. The lowest BCUT2D eigenvalue weighted by atomic mass is 9.99. The number of ether oxygens (including phenoxy) is 2. The average molecular weight is 630 g/mol. The molecule has 42 heavy (non-hydrogen) atoms. The molecule has 2 heterocycles. The summed E-state index contributed by atoms with van der Waals surface area (Å²) in [6.07, 6.45) is -6.58. The fourth-order valence-electron chi connectivity index (χ4n) is 2.43. The number of benzene rings is 1. The van der Waals surface area contributed by atoms with E-state index in [0.29, 0.717) is 10.9 Å². The van der Waals surface area contributed by atoms with Crippen LogP contribution in [0.4, 0.5) is 0 Å². The summed E-state index contributed by atoms with van der Waals surface area (Å²) in [7, 11) is 0. The molecule has 1 aliphatic heterocycles. The van der Waals surface area contributed by atoms with Crippen LogP contribution in [0.25, 0.3) is 10.9 Å². The number of aliphatic hydroxyl groups is 4. The van der Waals surface area contributed by atoms with Crippen molar-refractivity contribution in [2.24, 2.45) is 0 Å². The van der Waals surface area contributed by atoms with Crippen molar-refractivity contribution in [2.45, 2.75) is 65.3 Å². The van der Waals surface area contributed by atoms with Crippen LogP contribution in [0.3, 0.4) is 0 Å². The van der Waals surface area contributed by atoms with Gasteiger partial charge in [0.1, 0.15) is 24.4 Å². The zero-order valence-corrected chi connectivity index (χ0v) is 23.9. The molecule has 240 valence electrons. The average Bonchev–Trinajstić information content (AvgIpc) is 3.19. The number of fused-ring (bicyclic) bond motifs is 1. The van der Waals surface area contributed by atoms with Crippen molar-refractivity contribution in [1.29, 1.82) is 0 Å². The molecule has 18 heteroatoms. The van der Waals surface area contributed by atoms with Gasteiger partial charge in [-0.1, -0.05) is 17.7 Å². The van der Waals surface area contributed by atoms with Crippen molar-refractivity contribution in [2.75, 3.05) is 6.61 Å². The van der Waals surface area contributed by atoms with Crippen LogP contribution in [0, 0.1) is 0 Å². The second-order valence-electron chi connectivity index (χ2n) is 7.78. The Morgan fingerprint density at radius 3 is 1.55 bits per heavy atom. The maximum absolute atomic E-state index is 9.92. The molecule has 0 radical (unpaired) electrons. The zero-order valence-electron chi connectivity index (χ0n) is 23.2. The fourth-order valence-corrected chi connectivity index (χ4v) is 2.60. The molecule has 0 saturated carbocycles. The van der Waals surface area contributed by atoms with Gasteiger partial charge in [0.05, 0.1) is 6.61 Å². The number of halogens is 1. The van der Waals surface area contributed by atoms with Crippen molar-refractivity contribution in [3.63, 3.8) is 0 Å². The van der Waals surface area contributed by atoms with Gasteiger partial charge in [-0.25, -0.2) is 0 Å². The van der Waals surface area contributed by atoms with Crippen LogP contribution in [0.5, 0.6) is 5.88 Å². The van der Waals surface area contributed by atoms with Gasteiger partial charge in [0.25, 0.3) is 29.8 Å². The van der Waals surface area contributed by atoms with E-state index in [1.165, 1.54) is 0 Å². The minimum atomic E-state index is -1.48. The first-order valence-electron chi connectivity index (χ1n) is 11.4. The number of carboxylic acid groups (broad SMARTS) is 5. The maximum atomic E-state index is 9.92. The van der Waals surface area contributed by atoms with Crippen LogP contribution in [0.15, 0.2) is 24.3 Å². The Hall–Kier alpha value is -4.00. The normalized spacial score (nSPS) is 19.9. The number of aliphatic carboxylic acids is 5. The smallest absolute Gasteiger partial charge is 0.300 e. The first kappa shape index (κ1) is 42.5. The summed E-state index contributed by atoms with van der Waals surface area (Å²) in [6.45, 7) is 4.91. The van der Waals surface area contributed by atoms with Gasteiger partial charge in [0.2, 0.25) is 6.29 Å². The molecule has 1 aromatic carbocycles. The lowest BCUT2D eigenvalue weighted by Crippen LogP contribution is -2.60.